The summed E-state index contributed by atoms with van der Waals surface area (Å²) in [6.07, 6.45) is 2.72. The van der Waals surface area contributed by atoms with Crippen molar-refractivity contribution in [1.82, 2.24) is 10.2 Å². The first-order valence-corrected chi connectivity index (χ1v) is 5.14. The fraction of sp³-hybridized carbons (Fsp3) is 1.00. The molecule has 0 amide bonds. The summed E-state index contributed by atoms with van der Waals surface area (Å²) in [7, 11) is 4.31. The lowest BCUT2D eigenvalue weighted by atomic mass is 9.98. The Morgan fingerprint density at radius 1 is 1.17 bits per heavy atom. The molecule has 1 rings (SSSR count). The molecular weight excluding hydrogens is 148 g/mol. The van der Waals surface area contributed by atoms with E-state index in [1.807, 2.05) is 13.8 Å². The molecule has 2 heteroatoms. The minimum absolute atomic E-state index is 0.941. The molecule has 2 nitrogen and oxygen atoms in total. The van der Waals surface area contributed by atoms with Gasteiger partial charge in [-0.2, -0.15) is 0 Å². The van der Waals surface area contributed by atoms with E-state index in [-0.39, 0.29) is 0 Å². The molecule has 0 aromatic heterocycles. The van der Waals surface area contributed by atoms with Gasteiger partial charge in [-0.15, -0.1) is 0 Å². The summed E-state index contributed by atoms with van der Waals surface area (Å²) >= 11 is 0. The van der Waals surface area contributed by atoms with Crippen molar-refractivity contribution in [3.8, 4) is 0 Å². The van der Waals surface area contributed by atoms with Gasteiger partial charge in [-0.3, -0.25) is 0 Å². The Labute approximate surface area is 77.3 Å². The van der Waals surface area contributed by atoms with Crippen LogP contribution in [0.3, 0.4) is 0 Å². The van der Waals surface area contributed by atoms with Crippen molar-refractivity contribution in [3.05, 3.63) is 0 Å². The fourth-order valence-corrected chi connectivity index (χ4v) is 1.58. The van der Waals surface area contributed by atoms with Gasteiger partial charge in [0.05, 0.1) is 0 Å². The SMILES string of the molecule is CC.CN(C)CC1CCNCC1. The summed E-state index contributed by atoms with van der Waals surface area (Å²) in [4.78, 5) is 2.29. The third-order valence-electron chi connectivity index (χ3n) is 2.08. The molecule has 1 heterocycles. The number of rotatable bonds is 2. The molecule has 1 N–H and O–H groups in total. The molecule has 0 spiro atoms. The molecule has 0 radical (unpaired) electrons. The highest BCUT2D eigenvalue weighted by Crippen LogP contribution is 2.11. The lowest BCUT2D eigenvalue weighted by Crippen LogP contribution is -2.33. The van der Waals surface area contributed by atoms with Crippen LogP contribution in [0.2, 0.25) is 0 Å². The smallest absolute Gasteiger partial charge is 0.000451 e. The lowest BCUT2D eigenvalue weighted by Gasteiger charge is -2.25. The molecule has 0 saturated carbocycles. The number of nitrogens with one attached hydrogen (secondary N) is 1. The third kappa shape index (κ3) is 5.56. The van der Waals surface area contributed by atoms with Crippen LogP contribution >= 0.6 is 0 Å². The van der Waals surface area contributed by atoms with E-state index in [0.29, 0.717) is 0 Å². The van der Waals surface area contributed by atoms with Crippen LogP contribution in [-0.2, 0) is 0 Å². The molecule has 0 unspecified atom stereocenters. The Morgan fingerprint density at radius 3 is 2.08 bits per heavy atom. The quantitative estimate of drug-likeness (QED) is 0.680. The predicted molar refractivity (Wildman–Crippen MR) is 55.5 cm³/mol. The van der Waals surface area contributed by atoms with Crippen molar-refractivity contribution in [3.63, 3.8) is 0 Å². The highest BCUT2D eigenvalue weighted by molar-refractivity contribution is 4.69. The van der Waals surface area contributed by atoms with Gasteiger partial charge in [0.25, 0.3) is 0 Å². The summed E-state index contributed by atoms with van der Waals surface area (Å²) in [5, 5.41) is 3.37. The Hall–Kier alpha value is -0.0800. The molecule has 0 aromatic rings. The first kappa shape index (κ1) is 11.9. The van der Waals surface area contributed by atoms with Crippen LogP contribution in [0.15, 0.2) is 0 Å². The van der Waals surface area contributed by atoms with E-state index in [1.54, 1.807) is 0 Å². The topological polar surface area (TPSA) is 15.3 Å². The van der Waals surface area contributed by atoms with Crippen LogP contribution in [0, 0.1) is 5.92 Å². The molecule has 1 saturated heterocycles. The largest absolute Gasteiger partial charge is 0.317 e. The van der Waals surface area contributed by atoms with E-state index in [4.69, 9.17) is 0 Å². The van der Waals surface area contributed by atoms with Gasteiger partial charge in [0.1, 0.15) is 0 Å². The maximum absolute atomic E-state index is 3.37. The number of hydrogen-bond donors (Lipinski definition) is 1. The van der Waals surface area contributed by atoms with Gasteiger partial charge in [0.2, 0.25) is 0 Å². The molecule has 74 valence electrons. The molecule has 0 bridgehead atoms. The summed E-state index contributed by atoms with van der Waals surface area (Å²) in [5.41, 5.74) is 0. The summed E-state index contributed by atoms with van der Waals surface area (Å²) < 4.78 is 0. The first-order chi connectivity index (χ1) is 5.79. The Kier molecular flexibility index (Phi) is 7.51. The summed E-state index contributed by atoms with van der Waals surface area (Å²) in [6, 6.07) is 0. The van der Waals surface area contributed by atoms with Crippen LogP contribution in [0.5, 0.6) is 0 Å². The predicted octanol–water partition coefficient (Wildman–Crippen LogP) is 1.57. The van der Waals surface area contributed by atoms with Gasteiger partial charge in [-0.1, -0.05) is 13.8 Å². The van der Waals surface area contributed by atoms with E-state index >= 15 is 0 Å². The molecule has 12 heavy (non-hydrogen) atoms. The summed E-state index contributed by atoms with van der Waals surface area (Å²) in [6.45, 7) is 7.71. The Bertz CT molecular complexity index is 85.8. The van der Waals surface area contributed by atoms with Gasteiger partial charge in [-0.25, -0.2) is 0 Å². The molecule has 1 aliphatic rings. The maximum Gasteiger partial charge on any atom is 0.000451 e. The summed E-state index contributed by atoms with van der Waals surface area (Å²) in [5.74, 6) is 0.941. The normalized spacial score (nSPS) is 18.8. The van der Waals surface area contributed by atoms with E-state index in [1.165, 1.54) is 32.5 Å². The highest BCUT2D eigenvalue weighted by atomic mass is 15.1. The average molecular weight is 172 g/mol. The van der Waals surface area contributed by atoms with Crippen LogP contribution < -0.4 is 5.32 Å². The van der Waals surface area contributed by atoms with Crippen molar-refractivity contribution in [1.29, 1.82) is 0 Å². The molecule has 0 aromatic carbocycles. The first-order valence-electron chi connectivity index (χ1n) is 5.14. The number of piperidine rings is 1. The Morgan fingerprint density at radius 2 is 1.67 bits per heavy atom. The number of hydrogen-bond acceptors (Lipinski definition) is 2. The van der Waals surface area contributed by atoms with E-state index in [0.717, 1.165) is 5.92 Å². The average Bonchev–Trinajstić information content (AvgIpc) is 2.08. The van der Waals surface area contributed by atoms with Crippen LogP contribution in [-0.4, -0.2) is 38.6 Å². The Balaban J connectivity index is 0.000000561. The van der Waals surface area contributed by atoms with Crippen LogP contribution in [0.1, 0.15) is 26.7 Å². The van der Waals surface area contributed by atoms with Crippen molar-refractivity contribution >= 4 is 0 Å². The van der Waals surface area contributed by atoms with Crippen molar-refractivity contribution < 1.29 is 0 Å². The number of nitrogens with zero attached hydrogens (tertiary/aromatic N) is 1. The molecular formula is C10H24N2. The zero-order chi connectivity index (χ0) is 9.40. The van der Waals surface area contributed by atoms with Gasteiger partial charge in [0, 0.05) is 6.54 Å². The van der Waals surface area contributed by atoms with Crippen LogP contribution in [0.4, 0.5) is 0 Å². The molecule has 0 aliphatic carbocycles. The van der Waals surface area contributed by atoms with E-state index in [2.05, 4.69) is 24.3 Å². The molecule has 1 aliphatic heterocycles. The van der Waals surface area contributed by atoms with Gasteiger partial charge >= 0.3 is 0 Å². The lowest BCUT2D eigenvalue weighted by molar-refractivity contribution is 0.273. The highest BCUT2D eigenvalue weighted by Gasteiger charge is 2.12. The van der Waals surface area contributed by atoms with Crippen molar-refractivity contribution in [2.24, 2.45) is 5.92 Å². The van der Waals surface area contributed by atoms with Crippen molar-refractivity contribution in [2.75, 3.05) is 33.7 Å². The van der Waals surface area contributed by atoms with E-state index < -0.39 is 0 Å². The molecule has 0 atom stereocenters. The van der Waals surface area contributed by atoms with Gasteiger partial charge < -0.3 is 10.2 Å². The minimum Gasteiger partial charge on any atom is -0.317 e. The van der Waals surface area contributed by atoms with Gasteiger partial charge in [-0.05, 0) is 45.9 Å². The van der Waals surface area contributed by atoms with Crippen molar-refractivity contribution in [2.45, 2.75) is 26.7 Å². The van der Waals surface area contributed by atoms with Gasteiger partial charge in [0.15, 0.2) is 0 Å². The second kappa shape index (κ2) is 7.56. The second-order valence-electron chi connectivity index (χ2n) is 3.46. The molecule has 1 fully saturated rings. The zero-order valence-electron chi connectivity index (χ0n) is 9.06. The minimum atomic E-state index is 0.941. The van der Waals surface area contributed by atoms with Crippen LogP contribution in [0.25, 0.3) is 0 Å². The fourth-order valence-electron chi connectivity index (χ4n) is 1.58. The second-order valence-corrected chi connectivity index (χ2v) is 3.46. The van der Waals surface area contributed by atoms with E-state index in [9.17, 15) is 0 Å². The maximum atomic E-state index is 3.37. The zero-order valence-corrected chi connectivity index (χ0v) is 9.06. The monoisotopic (exact) mass is 172 g/mol. The third-order valence-corrected chi connectivity index (χ3v) is 2.08. The standard InChI is InChI=1S/C8H18N2.C2H6/c1-10(2)7-8-3-5-9-6-4-8;1-2/h8-9H,3-7H2,1-2H3;1-2H3.